The Hall–Kier alpha value is -2.21. The molecule has 0 saturated heterocycles. The second-order valence-corrected chi connectivity index (χ2v) is 6.03. The largest absolute Gasteiger partial charge is 0.493 e. The van der Waals surface area contributed by atoms with Crippen LogP contribution in [0.15, 0.2) is 34.8 Å². The zero-order valence-electron chi connectivity index (χ0n) is 13.9. The number of rotatable bonds is 7. The molecule has 0 radical (unpaired) electrons. The molecule has 0 fully saturated rings. The van der Waals surface area contributed by atoms with Gasteiger partial charge in [-0.3, -0.25) is 0 Å². The summed E-state index contributed by atoms with van der Waals surface area (Å²) in [5, 5.41) is 12.4. The van der Waals surface area contributed by atoms with Crippen LogP contribution in [-0.4, -0.2) is 24.8 Å². The maximum atomic E-state index is 11.1. The highest BCUT2D eigenvalue weighted by Gasteiger charge is 2.15. The fourth-order valence-electron chi connectivity index (χ4n) is 2.34. The zero-order valence-corrected chi connectivity index (χ0v) is 15.4. The number of carboxylic acid groups (broad SMARTS) is 1. The highest BCUT2D eigenvalue weighted by atomic mass is 79.9. The van der Waals surface area contributed by atoms with Crippen LogP contribution in [0.4, 0.5) is 5.69 Å². The highest BCUT2D eigenvalue weighted by molar-refractivity contribution is 9.10. The van der Waals surface area contributed by atoms with Crippen molar-refractivity contribution in [3.63, 3.8) is 0 Å². The van der Waals surface area contributed by atoms with Gasteiger partial charge in [-0.05, 0) is 43.7 Å². The summed E-state index contributed by atoms with van der Waals surface area (Å²) in [5.74, 6) is 0.386. The number of aromatic carboxylic acids is 1. The summed E-state index contributed by atoms with van der Waals surface area (Å²) in [5.41, 5.74) is 2.90. The van der Waals surface area contributed by atoms with Gasteiger partial charge in [0.15, 0.2) is 11.5 Å². The van der Waals surface area contributed by atoms with Crippen LogP contribution in [0, 0.1) is 6.92 Å². The third-order valence-corrected chi connectivity index (χ3v) is 4.36. The summed E-state index contributed by atoms with van der Waals surface area (Å²) in [6.07, 6.45) is 0. The number of aryl methyl sites for hydroxylation is 1. The molecule has 5 nitrogen and oxygen atoms in total. The number of carbonyl (C=O) groups is 1. The summed E-state index contributed by atoms with van der Waals surface area (Å²) in [6, 6.07) is 8.76. The molecule has 0 unspecified atom stereocenters. The van der Waals surface area contributed by atoms with Crippen LogP contribution in [0.2, 0.25) is 0 Å². The van der Waals surface area contributed by atoms with E-state index >= 15 is 0 Å². The lowest BCUT2D eigenvalue weighted by Crippen LogP contribution is -2.07. The van der Waals surface area contributed by atoms with Crippen LogP contribution in [0.25, 0.3) is 0 Å². The van der Waals surface area contributed by atoms with Gasteiger partial charge in [-0.1, -0.05) is 22.0 Å². The third kappa shape index (κ3) is 4.00. The minimum atomic E-state index is -0.949. The first kappa shape index (κ1) is 18.1. The lowest BCUT2D eigenvalue weighted by molar-refractivity contribution is 0.0697. The van der Waals surface area contributed by atoms with Gasteiger partial charge in [0.1, 0.15) is 0 Å². The fourth-order valence-corrected chi connectivity index (χ4v) is 2.79. The smallest absolute Gasteiger partial charge is 0.335 e. The van der Waals surface area contributed by atoms with Gasteiger partial charge in [0.05, 0.1) is 19.3 Å². The van der Waals surface area contributed by atoms with Crippen LogP contribution >= 0.6 is 15.9 Å². The van der Waals surface area contributed by atoms with E-state index in [-0.39, 0.29) is 5.56 Å². The van der Waals surface area contributed by atoms with Crippen molar-refractivity contribution in [1.82, 2.24) is 0 Å². The fraction of sp³-hybridized carbons (Fsp3) is 0.278. The molecule has 0 aliphatic heterocycles. The SMILES string of the molecule is CCOc1c(OC)ccc(Br)c1CNc1cc(C(=O)O)ccc1C. The van der Waals surface area contributed by atoms with Crippen LogP contribution in [-0.2, 0) is 6.54 Å². The molecule has 0 amide bonds. The molecule has 0 heterocycles. The van der Waals surface area contributed by atoms with Crippen LogP contribution in [0.5, 0.6) is 11.5 Å². The molecule has 0 saturated carbocycles. The Morgan fingerprint density at radius 1 is 1.29 bits per heavy atom. The van der Waals surface area contributed by atoms with Crippen molar-refractivity contribution in [2.75, 3.05) is 19.0 Å². The second kappa shape index (κ2) is 8.06. The Balaban J connectivity index is 2.32. The van der Waals surface area contributed by atoms with E-state index in [2.05, 4.69) is 21.2 Å². The lowest BCUT2D eigenvalue weighted by atomic mass is 10.1. The van der Waals surface area contributed by atoms with Crippen molar-refractivity contribution in [1.29, 1.82) is 0 Å². The van der Waals surface area contributed by atoms with E-state index in [9.17, 15) is 4.79 Å². The van der Waals surface area contributed by atoms with Crippen molar-refractivity contribution in [3.8, 4) is 11.5 Å². The molecule has 2 aromatic rings. The number of hydrogen-bond acceptors (Lipinski definition) is 4. The Morgan fingerprint density at radius 3 is 2.67 bits per heavy atom. The molecule has 2 N–H and O–H groups in total. The third-order valence-electron chi connectivity index (χ3n) is 3.62. The van der Waals surface area contributed by atoms with Crippen molar-refractivity contribution >= 4 is 27.6 Å². The Morgan fingerprint density at radius 2 is 2.04 bits per heavy atom. The number of halogens is 1. The number of hydrogen-bond donors (Lipinski definition) is 2. The van der Waals surface area contributed by atoms with E-state index < -0.39 is 5.97 Å². The van der Waals surface area contributed by atoms with Gasteiger partial charge < -0.3 is 19.9 Å². The van der Waals surface area contributed by atoms with E-state index in [4.69, 9.17) is 14.6 Å². The number of carboxylic acids is 1. The number of methoxy groups -OCH3 is 1. The summed E-state index contributed by atoms with van der Waals surface area (Å²) in [6.45, 7) is 4.83. The summed E-state index contributed by atoms with van der Waals surface area (Å²) < 4.78 is 12.0. The minimum absolute atomic E-state index is 0.248. The standard InChI is InChI=1S/C18H20BrNO4/c1-4-24-17-13(14(19)7-8-16(17)23-3)10-20-15-9-12(18(21)22)6-5-11(15)2/h5-9,20H,4,10H2,1-3H3,(H,21,22). The van der Waals surface area contributed by atoms with E-state index in [1.165, 1.54) is 0 Å². The first-order valence-corrected chi connectivity index (χ1v) is 8.33. The quantitative estimate of drug-likeness (QED) is 0.725. The van der Waals surface area contributed by atoms with E-state index in [1.54, 1.807) is 25.3 Å². The normalized spacial score (nSPS) is 10.3. The van der Waals surface area contributed by atoms with Crippen molar-refractivity contribution in [2.45, 2.75) is 20.4 Å². The number of benzene rings is 2. The molecule has 0 bridgehead atoms. The van der Waals surface area contributed by atoms with E-state index in [0.29, 0.717) is 24.7 Å². The predicted molar refractivity (Wildman–Crippen MR) is 97.3 cm³/mol. The van der Waals surface area contributed by atoms with Gasteiger partial charge in [-0.15, -0.1) is 0 Å². The van der Waals surface area contributed by atoms with E-state index in [1.807, 2.05) is 26.0 Å². The van der Waals surface area contributed by atoms with Gasteiger partial charge in [0.2, 0.25) is 0 Å². The zero-order chi connectivity index (χ0) is 17.7. The number of nitrogens with one attached hydrogen (secondary N) is 1. The molecular formula is C18H20BrNO4. The molecule has 2 rings (SSSR count). The number of anilines is 1. The molecule has 6 heteroatoms. The molecule has 0 spiro atoms. The molecule has 0 aliphatic rings. The van der Waals surface area contributed by atoms with Gasteiger partial charge in [-0.25, -0.2) is 4.79 Å². The second-order valence-electron chi connectivity index (χ2n) is 5.18. The Bertz CT molecular complexity index is 746. The van der Waals surface area contributed by atoms with Gasteiger partial charge in [-0.2, -0.15) is 0 Å². The van der Waals surface area contributed by atoms with E-state index in [0.717, 1.165) is 21.3 Å². The Kier molecular flexibility index (Phi) is 6.09. The van der Waals surface area contributed by atoms with Crippen LogP contribution < -0.4 is 14.8 Å². The van der Waals surface area contributed by atoms with Crippen LogP contribution in [0.3, 0.4) is 0 Å². The first-order chi connectivity index (χ1) is 11.5. The highest BCUT2D eigenvalue weighted by Crippen LogP contribution is 2.37. The van der Waals surface area contributed by atoms with Crippen molar-refractivity contribution in [2.24, 2.45) is 0 Å². The first-order valence-electron chi connectivity index (χ1n) is 7.53. The molecule has 128 valence electrons. The molecule has 0 atom stereocenters. The van der Waals surface area contributed by atoms with Gasteiger partial charge in [0.25, 0.3) is 0 Å². The minimum Gasteiger partial charge on any atom is -0.493 e. The van der Waals surface area contributed by atoms with Gasteiger partial charge in [0, 0.05) is 22.3 Å². The molecule has 0 aromatic heterocycles. The molecule has 0 aliphatic carbocycles. The predicted octanol–water partition coefficient (Wildman–Crippen LogP) is 4.48. The average molecular weight is 394 g/mol. The lowest BCUT2D eigenvalue weighted by Gasteiger charge is -2.17. The van der Waals surface area contributed by atoms with Gasteiger partial charge >= 0.3 is 5.97 Å². The summed E-state index contributed by atoms with van der Waals surface area (Å²) >= 11 is 3.54. The molecule has 24 heavy (non-hydrogen) atoms. The van der Waals surface area contributed by atoms with Crippen molar-refractivity contribution < 1.29 is 19.4 Å². The topological polar surface area (TPSA) is 67.8 Å². The monoisotopic (exact) mass is 393 g/mol. The number of ether oxygens (including phenoxy) is 2. The maximum absolute atomic E-state index is 11.1. The molecular weight excluding hydrogens is 374 g/mol. The summed E-state index contributed by atoms with van der Waals surface area (Å²) in [7, 11) is 1.60. The molecule has 2 aromatic carbocycles. The Labute approximate surface area is 149 Å². The van der Waals surface area contributed by atoms with Crippen LogP contribution in [0.1, 0.15) is 28.4 Å². The van der Waals surface area contributed by atoms with Crippen molar-refractivity contribution in [3.05, 3.63) is 51.5 Å². The average Bonchev–Trinajstić information content (AvgIpc) is 2.56. The summed E-state index contributed by atoms with van der Waals surface area (Å²) in [4.78, 5) is 11.1. The maximum Gasteiger partial charge on any atom is 0.335 e.